The molecule has 0 aromatic heterocycles. The molecule has 4 saturated heterocycles. The first kappa shape index (κ1) is 117. The Morgan fingerprint density at radius 2 is 0.716 bits per heavy atom. The van der Waals surface area contributed by atoms with Gasteiger partial charge in [0.2, 0.25) is 15.9 Å². The van der Waals surface area contributed by atoms with Gasteiger partial charge in [-0.25, -0.2) is 31.6 Å². The summed E-state index contributed by atoms with van der Waals surface area (Å²) in [5.74, 6) is -3.18. The number of halogens is 2. The van der Waals surface area contributed by atoms with Crippen molar-refractivity contribution in [3.8, 4) is 0 Å². The van der Waals surface area contributed by atoms with Crippen LogP contribution in [0.5, 0.6) is 0 Å². The fraction of sp³-hybridized carbons (Fsp3) is 0.426. The van der Waals surface area contributed by atoms with Crippen LogP contribution >= 0.6 is 0 Å². The number of amides is 3. The van der Waals surface area contributed by atoms with Gasteiger partial charge in [0.1, 0.15) is 59.1 Å². The molecule has 3 amide bonds. The summed E-state index contributed by atoms with van der Waals surface area (Å²) in [6.07, 6.45) is 4.30. The number of para-hydroxylation sites is 1. The monoisotopic (exact) mass is 2050 g/mol. The molecule has 11 aromatic carbocycles. The quantitative estimate of drug-likeness (QED) is 0.0117. The Morgan fingerprint density at radius 1 is 0.405 bits per heavy atom. The van der Waals surface area contributed by atoms with Crippen LogP contribution < -0.4 is 21.3 Å². The van der Waals surface area contributed by atoms with Crippen molar-refractivity contribution in [1.29, 1.82) is 0 Å². The summed E-state index contributed by atoms with van der Waals surface area (Å²) in [5, 5.41) is 41.9. The molecule has 0 saturated carbocycles. The van der Waals surface area contributed by atoms with E-state index in [1.165, 1.54) is 126 Å². The Balaban J connectivity index is 0.000000194. The second-order valence-corrected chi connectivity index (χ2v) is 41.0. The molecule has 10 atom stereocenters. The van der Waals surface area contributed by atoms with E-state index in [9.17, 15) is 65.7 Å². The number of hydrogen-bond acceptors (Lipinski definition) is 24. The van der Waals surface area contributed by atoms with E-state index < -0.39 is 86.0 Å². The number of piperazine rings is 4. The fourth-order valence-electron chi connectivity index (χ4n) is 18.9. The molecule has 4 heterocycles. The van der Waals surface area contributed by atoms with Crippen molar-refractivity contribution in [1.82, 2.24) is 50.1 Å². The van der Waals surface area contributed by atoms with E-state index in [4.69, 9.17) is 33.5 Å². The number of nitrogens with one attached hydrogen (secondary N) is 4. The lowest BCUT2D eigenvalue weighted by Gasteiger charge is -2.44. The zero-order valence-electron chi connectivity index (χ0n) is 86.5. The van der Waals surface area contributed by atoms with E-state index >= 15 is 0 Å². The second kappa shape index (κ2) is 55.7. The smallest absolute Gasteiger partial charge is 0.408 e. The minimum atomic E-state index is -4.11. The number of carbonyl (C=O) groups excluding carboxylic acids is 7. The highest BCUT2D eigenvalue weighted by atomic mass is 32.2. The lowest BCUT2D eigenvalue weighted by molar-refractivity contribution is -0.387. The molecule has 0 aliphatic carbocycles. The molecule has 4 fully saturated rings. The summed E-state index contributed by atoms with van der Waals surface area (Å²) in [6, 6.07) is 71.2. The fourth-order valence-corrected chi connectivity index (χ4v) is 20.8. The van der Waals surface area contributed by atoms with E-state index in [1.54, 1.807) is 58.6 Å². The number of nitrogens with zero attached hydrogens (tertiary/aromatic N) is 7. The number of esters is 4. The zero-order valence-corrected chi connectivity index (χ0v) is 87.3. The van der Waals surface area contributed by atoms with Crippen LogP contribution in [0, 0.1) is 21.7 Å². The van der Waals surface area contributed by atoms with Gasteiger partial charge in [0.15, 0.2) is 4.90 Å². The molecule has 4 aliphatic rings. The molecule has 794 valence electrons. The predicted octanol–water partition coefficient (Wildman–Crippen LogP) is 16.9. The number of benzene rings is 11. The highest BCUT2D eigenvalue weighted by molar-refractivity contribution is 7.89. The first-order valence-electron chi connectivity index (χ1n) is 50.2. The van der Waals surface area contributed by atoms with E-state index in [0.717, 1.165) is 84.8 Å². The number of carboxylic acid groups (broad SMARTS) is 1. The summed E-state index contributed by atoms with van der Waals surface area (Å²) in [5.41, 5.74) is 3.79. The average Bonchev–Trinajstić information content (AvgIpc) is 0.765. The summed E-state index contributed by atoms with van der Waals surface area (Å²) in [6.45, 7) is 26.0. The van der Waals surface area contributed by atoms with E-state index in [1.807, 2.05) is 97.6 Å². The third-order valence-corrected chi connectivity index (χ3v) is 28.7. The molecule has 15 rings (SSSR count). The number of nitro benzene ring substituents is 1. The summed E-state index contributed by atoms with van der Waals surface area (Å²) in [4.78, 5) is 121. The van der Waals surface area contributed by atoms with E-state index in [0.29, 0.717) is 94.5 Å². The van der Waals surface area contributed by atoms with Gasteiger partial charge in [-0.1, -0.05) is 241 Å². The largest absolute Gasteiger partial charge is 0.480 e. The van der Waals surface area contributed by atoms with Crippen LogP contribution in [0.4, 0.5) is 24.1 Å². The average molecular weight is 2060 g/mol. The highest BCUT2D eigenvalue weighted by Crippen LogP contribution is 2.33. The van der Waals surface area contributed by atoms with Crippen LogP contribution in [0.3, 0.4) is 0 Å². The van der Waals surface area contributed by atoms with Gasteiger partial charge in [0, 0.05) is 122 Å². The van der Waals surface area contributed by atoms with Gasteiger partial charge >= 0.3 is 42.0 Å². The van der Waals surface area contributed by atoms with Crippen LogP contribution in [-0.2, 0) is 106 Å². The van der Waals surface area contributed by atoms with Crippen LogP contribution in [-0.4, -0.2) is 274 Å². The molecule has 0 unspecified atom stereocenters. The van der Waals surface area contributed by atoms with Gasteiger partial charge in [-0.3, -0.25) is 53.7 Å². The van der Waals surface area contributed by atoms with Crippen molar-refractivity contribution >= 4 is 107 Å². The predicted molar refractivity (Wildman–Crippen MR) is 572 cm³/mol. The molecule has 30 nitrogen and oxygen atoms in total. The van der Waals surface area contributed by atoms with Gasteiger partial charge in [0.25, 0.3) is 5.69 Å². The lowest BCUT2D eigenvalue weighted by atomic mass is 9.98. The van der Waals surface area contributed by atoms with Crippen LogP contribution in [0.2, 0.25) is 0 Å². The molecule has 148 heavy (non-hydrogen) atoms. The molecular formula is C115H145F2N11O19S. The SMILES string of the molecule is C.CC(C)(C)OC(=O)N[C@H](Cc1ccc(F)cc1)C(=O)O.CC[C@H]1CN([C@@H](Cc2ccc3ccccc3c2)C(=O)OC)CCN1.CC[C@H]1CN([C@@H](Cc2ccc3ccccc3c2)C(=O)OC)CCN1.CC[C@H]1CN([C@@H](Cc2ccc3ccccc3c2)C(=O)OC)CCN1C(=O)[C@@H](Cc1ccc(F)cc1)NC(=O)OC(C)(C)C.CC[C@H]1CN([C@@H](Cc2ccc3ccccc3c2)C(=O)OC)CCN1S(=O)(=O)c1ccccc1[N+](=O)[O-]. The molecule has 0 radical (unpaired) electrons. The topological polar surface area (TPSA) is 357 Å². The minimum Gasteiger partial charge on any atom is -0.480 e. The summed E-state index contributed by atoms with van der Waals surface area (Å²) >= 11 is 0. The van der Waals surface area contributed by atoms with Crippen LogP contribution in [0.1, 0.15) is 136 Å². The van der Waals surface area contributed by atoms with Crippen molar-refractivity contribution in [3.05, 3.63) is 298 Å². The Morgan fingerprint density at radius 3 is 1.05 bits per heavy atom. The van der Waals surface area contributed by atoms with Gasteiger partial charge in [-0.05, 0) is 200 Å². The summed E-state index contributed by atoms with van der Waals surface area (Å²) in [7, 11) is 1.60. The number of aliphatic carboxylic acids is 1. The highest BCUT2D eigenvalue weighted by Gasteiger charge is 2.44. The Hall–Kier alpha value is -13.3. The number of carbonyl (C=O) groups is 8. The molecule has 33 heteroatoms. The van der Waals surface area contributed by atoms with Crippen LogP contribution in [0.25, 0.3) is 43.1 Å². The van der Waals surface area contributed by atoms with E-state index in [2.05, 4.69) is 141 Å². The summed E-state index contributed by atoms with van der Waals surface area (Å²) < 4.78 is 85.6. The number of alkyl carbamates (subject to hydrolysis) is 2. The van der Waals surface area contributed by atoms with Gasteiger partial charge in [-0.15, -0.1) is 0 Å². The van der Waals surface area contributed by atoms with Gasteiger partial charge in [0.05, 0.1) is 33.4 Å². The van der Waals surface area contributed by atoms with Crippen molar-refractivity contribution in [2.45, 2.75) is 217 Å². The number of hydrogen-bond donors (Lipinski definition) is 5. The van der Waals surface area contributed by atoms with E-state index in [-0.39, 0.29) is 85.4 Å². The Labute approximate surface area is 868 Å². The van der Waals surface area contributed by atoms with Crippen molar-refractivity contribution < 1.29 is 94.0 Å². The third kappa shape index (κ3) is 33.6. The maximum atomic E-state index is 14.0. The molecule has 11 aromatic rings. The molecule has 5 N–H and O–H groups in total. The Kier molecular flexibility index (Phi) is 43.9. The standard InChI is InChI=1S/C34H42FN3O5.C26H29N3O6S.2C20H26N2O2.C14H18FNO4.CH4/c1-6-28-22-37(30(32(40)42-5)21-24-11-14-25-9-7-8-10-26(25)19-24)17-18-38(28)31(39)29(36-33(41)43-34(2,3)4)20-23-12-15-27(35)16-13-23;1-3-22-18-27(14-15-28(22)36(33,34)25-11-7-6-10-23(25)29(31)32)24(26(30)35-2)17-19-12-13-20-8-4-5-9-21(20)16-19;2*1-3-18-14-22(11-10-21-18)19(20(23)24-2)13-15-8-9-16-6-4-5-7-17(16)12-15;1-14(2,3)20-13(19)16-11(12(17)18)8-9-4-6-10(15)7-5-9;/h7-16,19,28-30H,6,17-18,20-22H2,1-5H3,(H,36,41);4-13,16,22,24H,3,14-15,17-18H2,1-2H3;2*4-9,12,18-19,21H,3,10-11,13-14H2,1-2H3;4-7,11H,8H2,1-3H3,(H,16,19)(H,17,18);1H4/t28-,29+,30-;22-,24-;2*18-,19-;11-;/m00001./s1. The third-order valence-electron chi connectivity index (χ3n) is 26.7. The molecular weight excluding hydrogens is 1910 g/mol. The maximum absolute atomic E-state index is 14.0. The minimum absolute atomic E-state index is 0. The van der Waals surface area contributed by atoms with Gasteiger partial charge in [-0.2, -0.15) is 4.31 Å². The number of ether oxygens (including phenoxy) is 6. The first-order valence-corrected chi connectivity index (χ1v) is 51.7. The van der Waals surface area contributed by atoms with Crippen molar-refractivity contribution in [2.24, 2.45) is 0 Å². The van der Waals surface area contributed by atoms with Gasteiger partial charge < -0.3 is 59.7 Å². The zero-order chi connectivity index (χ0) is 106. The number of sulfonamides is 1. The normalized spacial score (nSPS) is 17.6. The second-order valence-electron chi connectivity index (χ2n) is 39.2. The molecule has 0 bridgehead atoms. The number of fused-ring (bicyclic) bond motifs is 4. The number of nitro groups is 1. The molecule has 4 aliphatic heterocycles. The number of carboxylic acids is 1. The lowest BCUT2D eigenvalue weighted by Crippen LogP contribution is -2.62. The van der Waals surface area contributed by atoms with Crippen molar-refractivity contribution in [2.75, 3.05) is 107 Å². The van der Waals surface area contributed by atoms with Crippen LogP contribution in [0.15, 0.2) is 248 Å². The maximum Gasteiger partial charge on any atom is 0.408 e. The molecule has 0 spiro atoms. The first-order chi connectivity index (χ1) is 70.3. The van der Waals surface area contributed by atoms with Crippen molar-refractivity contribution in [3.63, 3.8) is 0 Å². The Bertz CT molecular complexity index is 6270. The number of methoxy groups -OCH3 is 4. The number of rotatable bonds is 31.